The third-order valence-electron chi connectivity index (χ3n) is 2.17. The van der Waals surface area contributed by atoms with E-state index in [-0.39, 0.29) is 11.0 Å². The fraction of sp³-hybridized carbons (Fsp3) is 0.111. The second kappa shape index (κ2) is 4.60. The van der Waals surface area contributed by atoms with Gasteiger partial charge in [-0.1, -0.05) is 15.9 Å². The first-order valence-electron chi connectivity index (χ1n) is 4.59. The van der Waals surface area contributed by atoms with Crippen LogP contribution in [0.2, 0.25) is 0 Å². The molecule has 0 aliphatic heterocycles. The first kappa shape index (κ1) is 13.4. The molecule has 0 saturated heterocycles. The van der Waals surface area contributed by atoms with Gasteiger partial charge in [0, 0.05) is 27.8 Å². The van der Waals surface area contributed by atoms with Crippen molar-refractivity contribution < 1.29 is 12.8 Å². The molecule has 2 rings (SSSR count). The van der Waals surface area contributed by atoms with Crippen LogP contribution in [-0.2, 0) is 16.1 Å². The Morgan fingerprint density at radius 3 is 2.50 bits per heavy atom. The Kier molecular flexibility index (Phi) is 3.43. The molecule has 1 heterocycles. The molecular formula is C9H6BrClFN3O2S. The van der Waals surface area contributed by atoms with E-state index in [1.165, 1.54) is 23.7 Å². The van der Waals surface area contributed by atoms with E-state index in [4.69, 9.17) is 10.7 Å². The summed E-state index contributed by atoms with van der Waals surface area (Å²) < 4.78 is 37.3. The average Bonchev–Trinajstić information content (AvgIpc) is 2.57. The molecule has 0 spiro atoms. The van der Waals surface area contributed by atoms with E-state index >= 15 is 0 Å². The number of benzene rings is 1. The molecule has 2 aromatic rings. The lowest BCUT2D eigenvalue weighted by Crippen LogP contribution is -2.02. The van der Waals surface area contributed by atoms with Crippen molar-refractivity contribution in [3.8, 4) is 11.4 Å². The summed E-state index contributed by atoms with van der Waals surface area (Å²) in [5.74, 6) is -0.271. The molecule has 0 N–H and O–H groups in total. The maximum absolute atomic E-state index is 13.3. The first-order chi connectivity index (χ1) is 8.29. The van der Waals surface area contributed by atoms with Crippen molar-refractivity contribution in [3.63, 3.8) is 0 Å². The van der Waals surface area contributed by atoms with Crippen LogP contribution in [0, 0.1) is 5.82 Å². The minimum absolute atomic E-state index is 0.203. The maximum atomic E-state index is 13.3. The summed E-state index contributed by atoms with van der Waals surface area (Å²) >= 11 is 3.14. The third kappa shape index (κ3) is 2.55. The van der Waals surface area contributed by atoms with Gasteiger partial charge in [0.1, 0.15) is 5.82 Å². The summed E-state index contributed by atoms with van der Waals surface area (Å²) in [6.07, 6.45) is 0. The molecule has 0 saturated carbocycles. The van der Waals surface area contributed by atoms with Crippen molar-refractivity contribution in [3.05, 3.63) is 28.5 Å². The highest BCUT2D eigenvalue weighted by Gasteiger charge is 2.21. The Bertz CT molecular complexity index is 696. The van der Waals surface area contributed by atoms with Crippen molar-refractivity contribution in [2.24, 2.45) is 7.05 Å². The molecule has 0 fully saturated rings. The summed E-state index contributed by atoms with van der Waals surface area (Å²) in [6, 6.07) is 4.09. The Hall–Kier alpha value is -0.990. The molecular weight excluding hydrogens is 349 g/mol. The molecule has 0 radical (unpaired) electrons. The lowest BCUT2D eigenvalue weighted by atomic mass is 10.2. The van der Waals surface area contributed by atoms with E-state index < -0.39 is 14.9 Å². The molecule has 0 aliphatic rings. The van der Waals surface area contributed by atoms with Crippen LogP contribution in [0.25, 0.3) is 11.4 Å². The number of rotatable bonds is 2. The van der Waals surface area contributed by atoms with Gasteiger partial charge in [0.05, 0.1) is 0 Å². The van der Waals surface area contributed by atoms with Crippen molar-refractivity contribution in [1.29, 1.82) is 0 Å². The number of hydrogen-bond donors (Lipinski definition) is 0. The highest BCUT2D eigenvalue weighted by molar-refractivity contribution is 9.10. The zero-order chi connectivity index (χ0) is 13.5. The number of nitrogens with zero attached hydrogens (tertiary/aromatic N) is 3. The SMILES string of the molecule is Cn1c(-c2cc(F)cc(Br)c2)nnc1S(=O)(=O)Cl. The molecule has 1 aromatic heterocycles. The van der Waals surface area contributed by atoms with Crippen molar-refractivity contribution in [2.75, 3.05) is 0 Å². The Labute approximate surface area is 115 Å². The first-order valence-corrected chi connectivity index (χ1v) is 7.70. The molecule has 9 heteroatoms. The number of aromatic nitrogens is 3. The van der Waals surface area contributed by atoms with E-state index in [0.717, 1.165) is 0 Å². The minimum Gasteiger partial charge on any atom is -0.300 e. The van der Waals surface area contributed by atoms with Crippen LogP contribution in [0.15, 0.2) is 27.8 Å². The van der Waals surface area contributed by atoms with Crippen molar-refractivity contribution >= 4 is 35.7 Å². The van der Waals surface area contributed by atoms with Crippen LogP contribution >= 0.6 is 26.6 Å². The van der Waals surface area contributed by atoms with E-state index in [1.54, 1.807) is 6.07 Å². The van der Waals surface area contributed by atoms with E-state index in [1.807, 2.05) is 0 Å². The van der Waals surface area contributed by atoms with Gasteiger partial charge in [0.15, 0.2) is 5.82 Å². The summed E-state index contributed by atoms with van der Waals surface area (Å²) in [6.45, 7) is 0. The molecule has 0 atom stereocenters. The third-order valence-corrected chi connectivity index (χ3v) is 3.84. The van der Waals surface area contributed by atoms with Crippen LogP contribution in [0.5, 0.6) is 0 Å². The van der Waals surface area contributed by atoms with E-state index in [2.05, 4.69) is 26.1 Å². The van der Waals surface area contributed by atoms with Crippen LogP contribution in [0.1, 0.15) is 0 Å². The van der Waals surface area contributed by atoms with Crippen LogP contribution in [0.3, 0.4) is 0 Å². The zero-order valence-corrected chi connectivity index (χ0v) is 12.1. The predicted molar refractivity (Wildman–Crippen MR) is 67.1 cm³/mol. The van der Waals surface area contributed by atoms with Gasteiger partial charge in [0.2, 0.25) is 0 Å². The summed E-state index contributed by atoms with van der Waals surface area (Å²) in [5.41, 5.74) is 0.392. The fourth-order valence-electron chi connectivity index (χ4n) is 1.46. The van der Waals surface area contributed by atoms with Gasteiger partial charge in [0.25, 0.3) is 14.2 Å². The van der Waals surface area contributed by atoms with Gasteiger partial charge >= 0.3 is 0 Å². The minimum atomic E-state index is -3.98. The highest BCUT2D eigenvalue weighted by Crippen LogP contribution is 2.25. The Morgan fingerprint density at radius 1 is 1.33 bits per heavy atom. The molecule has 1 aromatic carbocycles. The molecule has 0 unspecified atom stereocenters. The molecule has 96 valence electrons. The largest absolute Gasteiger partial charge is 0.300 e. The van der Waals surface area contributed by atoms with Crippen LogP contribution in [-0.4, -0.2) is 23.2 Å². The molecule has 18 heavy (non-hydrogen) atoms. The topological polar surface area (TPSA) is 64.8 Å². The normalized spacial score (nSPS) is 11.8. The van der Waals surface area contributed by atoms with Crippen LogP contribution in [0.4, 0.5) is 4.39 Å². The van der Waals surface area contributed by atoms with Gasteiger partial charge in [-0.25, -0.2) is 12.8 Å². The fourth-order valence-corrected chi connectivity index (χ4v) is 2.88. The summed E-state index contributed by atoms with van der Waals surface area (Å²) in [5, 5.41) is 6.79. The van der Waals surface area contributed by atoms with Gasteiger partial charge in [-0.15, -0.1) is 10.2 Å². The zero-order valence-electron chi connectivity index (χ0n) is 8.93. The van der Waals surface area contributed by atoms with Gasteiger partial charge in [-0.3, -0.25) is 4.57 Å². The lowest BCUT2D eigenvalue weighted by Gasteiger charge is -2.03. The van der Waals surface area contributed by atoms with Gasteiger partial charge in [-0.2, -0.15) is 0 Å². The molecule has 0 bridgehead atoms. The maximum Gasteiger partial charge on any atom is 0.296 e. The Balaban J connectivity index is 2.63. The number of hydrogen-bond acceptors (Lipinski definition) is 4. The highest BCUT2D eigenvalue weighted by atomic mass is 79.9. The summed E-state index contributed by atoms with van der Waals surface area (Å²) in [4.78, 5) is 0. The standard InChI is InChI=1S/C9H6BrClFN3O2S/c1-15-8(13-14-9(15)18(11,16)17)5-2-6(10)4-7(12)3-5/h2-4H,1H3. The monoisotopic (exact) mass is 353 g/mol. The smallest absolute Gasteiger partial charge is 0.296 e. The van der Waals surface area contributed by atoms with Crippen molar-refractivity contribution in [2.45, 2.75) is 5.16 Å². The van der Waals surface area contributed by atoms with Gasteiger partial charge in [-0.05, 0) is 18.2 Å². The quantitative estimate of drug-likeness (QED) is 0.776. The van der Waals surface area contributed by atoms with E-state index in [0.29, 0.717) is 10.0 Å². The second-order valence-corrected chi connectivity index (χ2v) is 6.84. The second-order valence-electron chi connectivity index (χ2n) is 3.46. The average molecular weight is 355 g/mol. The molecule has 5 nitrogen and oxygen atoms in total. The predicted octanol–water partition coefficient (Wildman–Crippen LogP) is 2.31. The van der Waals surface area contributed by atoms with Gasteiger partial charge < -0.3 is 0 Å². The molecule has 0 amide bonds. The lowest BCUT2D eigenvalue weighted by molar-refractivity contribution is 0.593. The summed E-state index contributed by atoms with van der Waals surface area (Å²) in [7, 11) is 2.64. The molecule has 0 aliphatic carbocycles. The number of halogens is 3. The Morgan fingerprint density at radius 2 is 2.00 bits per heavy atom. The van der Waals surface area contributed by atoms with Crippen LogP contribution < -0.4 is 0 Å². The van der Waals surface area contributed by atoms with E-state index in [9.17, 15) is 12.8 Å². The van der Waals surface area contributed by atoms with Crippen molar-refractivity contribution in [1.82, 2.24) is 14.8 Å².